The van der Waals surface area contributed by atoms with Crippen LogP contribution in [-0.4, -0.2) is 97.5 Å². The van der Waals surface area contributed by atoms with Gasteiger partial charge in [0.1, 0.15) is 16.9 Å². The van der Waals surface area contributed by atoms with E-state index in [1.54, 1.807) is 29.3 Å². The van der Waals surface area contributed by atoms with E-state index in [2.05, 4.69) is 17.6 Å². The second-order valence-electron chi connectivity index (χ2n) is 11.6. The molecule has 12 heteroatoms. The molecular formula is C32H35N9O3. The lowest BCUT2D eigenvalue weighted by atomic mass is 9.97. The molecule has 6 heterocycles. The number of nitrogen functional groups attached to an aromatic ring is 1. The van der Waals surface area contributed by atoms with Crippen LogP contribution >= 0.6 is 0 Å². The number of aromatic nitrogens is 5. The van der Waals surface area contributed by atoms with Gasteiger partial charge < -0.3 is 25.2 Å². The zero-order valence-electron chi connectivity index (χ0n) is 24.7. The highest BCUT2D eigenvalue weighted by Crippen LogP contribution is 2.40. The van der Waals surface area contributed by atoms with Gasteiger partial charge in [0.15, 0.2) is 11.5 Å². The summed E-state index contributed by atoms with van der Waals surface area (Å²) in [5.74, 6) is 1.42. The molecular weight excluding hydrogens is 558 g/mol. The van der Waals surface area contributed by atoms with Gasteiger partial charge in [-0.3, -0.25) is 14.3 Å². The minimum atomic E-state index is -0.736. The molecule has 0 aromatic carbocycles. The number of amides is 3. The van der Waals surface area contributed by atoms with Crippen molar-refractivity contribution in [3.8, 4) is 17.1 Å². The Morgan fingerprint density at radius 2 is 1.80 bits per heavy atom. The predicted octanol–water partition coefficient (Wildman–Crippen LogP) is 3.33. The molecule has 44 heavy (non-hydrogen) atoms. The SMILES string of the molecule is C=CC(=O)N1CCN(C(=O)N2CC[C@](OC)(c3ccc(-n4c(-c5cccnc5N)nc5ccc(C6CC6)nc54)cn3)C2)CC1. The Labute approximate surface area is 255 Å². The molecule has 1 aliphatic carbocycles. The summed E-state index contributed by atoms with van der Waals surface area (Å²) in [6, 6.07) is 11.7. The molecule has 3 aliphatic rings. The van der Waals surface area contributed by atoms with Gasteiger partial charge in [0, 0.05) is 64.1 Å². The standard InChI is InChI=1S/C32H35N9O3/c1-3-27(42)38-15-17-39(18-16-38)31(43)40-14-12-32(20-40,44-2)26-11-8-22(19-35-26)41-29(23-5-4-13-34-28(23)33)37-25-10-9-24(21-6-7-21)36-30(25)41/h3-5,8-11,13,19,21H,1,6-7,12,14-18,20H2,2H3,(H2,33,34)/t32-/m1/s1. The molecule has 3 amide bonds. The molecule has 2 aliphatic heterocycles. The summed E-state index contributed by atoms with van der Waals surface area (Å²) in [4.78, 5) is 49.8. The summed E-state index contributed by atoms with van der Waals surface area (Å²) in [6.07, 6.45) is 7.70. The number of methoxy groups -OCH3 is 1. The third kappa shape index (κ3) is 4.84. The molecule has 7 rings (SSSR count). The van der Waals surface area contributed by atoms with Crippen LogP contribution in [0.4, 0.5) is 10.6 Å². The molecule has 1 saturated carbocycles. The van der Waals surface area contributed by atoms with Gasteiger partial charge in [-0.25, -0.2) is 19.7 Å². The molecule has 0 bridgehead atoms. The van der Waals surface area contributed by atoms with Gasteiger partial charge in [0.25, 0.3) is 0 Å². The van der Waals surface area contributed by atoms with Crippen LogP contribution in [0.2, 0.25) is 0 Å². The van der Waals surface area contributed by atoms with Crippen molar-refractivity contribution in [2.24, 2.45) is 0 Å². The van der Waals surface area contributed by atoms with E-state index in [9.17, 15) is 9.59 Å². The Balaban J connectivity index is 1.17. The van der Waals surface area contributed by atoms with Gasteiger partial charge in [-0.2, -0.15) is 0 Å². The van der Waals surface area contributed by atoms with Crippen LogP contribution in [0.1, 0.15) is 36.6 Å². The zero-order valence-corrected chi connectivity index (χ0v) is 24.7. The molecule has 4 aromatic rings. The first-order valence-electron chi connectivity index (χ1n) is 15.0. The van der Waals surface area contributed by atoms with Crippen molar-refractivity contribution in [2.45, 2.75) is 30.8 Å². The molecule has 2 N–H and O–H groups in total. The van der Waals surface area contributed by atoms with Crippen LogP contribution in [0.15, 0.2) is 61.4 Å². The molecule has 3 fully saturated rings. The van der Waals surface area contributed by atoms with E-state index in [0.717, 1.165) is 46.6 Å². The van der Waals surface area contributed by atoms with Crippen molar-refractivity contribution in [1.29, 1.82) is 0 Å². The molecule has 0 radical (unpaired) electrons. The number of nitrogens with zero attached hydrogens (tertiary/aromatic N) is 8. The molecule has 2 saturated heterocycles. The molecule has 0 spiro atoms. The topological polar surface area (TPSA) is 136 Å². The van der Waals surface area contributed by atoms with E-state index < -0.39 is 5.60 Å². The van der Waals surface area contributed by atoms with Gasteiger partial charge in [0.05, 0.1) is 29.7 Å². The Morgan fingerprint density at radius 1 is 1.00 bits per heavy atom. The summed E-state index contributed by atoms with van der Waals surface area (Å²) in [6.45, 7) is 6.46. The molecule has 4 aromatic heterocycles. The van der Waals surface area contributed by atoms with E-state index in [1.165, 1.54) is 6.08 Å². The number of urea groups is 1. The highest BCUT2D eigenvalue weighted by molar-refractivity contribution is 5.87. The number of pyridine rings is 3. The number of hydrogen-bond acceptors (Lipinski definition) is 8. The minimum Gasteiger partial charge on any atom is -0.383 e. The maximum absolute atomic E-state index is 13.4. The summed E-state index contributed by atoms with van der Waals surface area (Å²) < 4.78 is 8.07. The fraction of sp³-hybridized carbons (Fsp3) is 0.375. The van der Waals surface area contributed by atoms with Gasteiger partial charge in [-0.1, -0.05) is 6.58 Å². The fourth-order valence-electron chi connectivity index (χ4n) is 6.27. The fourth-order valence-corrected chi connectivity index (χ4v) is 6.27. The van der Waals surface area contributed by atoms with Crippen LogP contribution in [0, 0.1) is 0 Å². The number of carbonyl (C=O) groups is 2. The van der Waals surface area contributed by atoms with Gasteiger partial charge in [-0.05, 0) is 55.3 Å². The third-order valence-corrected chi connectivity index (χ3v) is 9.00. The summed E-state index contributed by atoms with van der Waals surface area (Å²) in [5, 5.41) is 0. The maximum atomic E-state index is 13.4. The lowest BCUT2D eigenvalue weighted by Crippen LogP contribution is -2.53. The van der Waals surface area contributed by atoms with Crippen molar-refractivity contribution < 1.29 is 14.3 Å². The van der Waals surface area contributed by atoms with Crippen molar-refractivity contribution >= 4 is 28.9 Å². The van der Waals surface area contributed by atoms with Crippen LogP contribution < -0.4 is 5.73 Å². The molecule has 12 nitrogen and oxygen atoms in total. The molecule has 0 unspecified atom stereocenters. The number of carbonyl (C=O) groups excluding carboxylic acids is 2. The molecule has 226 valence electrons. The molecule has 1 atom stereocenters. The Morgan fingerprint density at radius 3 is 2.48 bits per heavy atom. The normalized spacial score (nSPS) is 20.3. The first kappa shape index (κ1) is 28.0. The number of rotatable bonds is 6. The number of anilines is 1. The van der Waals surface area contributed by atoms with E-state index in [0.29, 0.717) is 63.2 Å². The average Bonchev–Trinajstić information content (AvgIpc) is 3.71. The highest BCUT2D eigenvalue weighted by atomic mass is 16.5. The monoisotopic (exact) mass is 593 g/mol. The van der Waals surface area contributed by atoms with Crippen molar-refractivity contribution in [3.63, 3.8) is 0 Å². The van der Waals surface area contributed by atoms with Crippen LogP contribution in [-0.2, 0) is 15.1 Å². The number of piperazine rings is 1. The van der Waals surface area contributed by atoms with Gasteiger partial charge in [-0.15, -0.1) is 0 Å². The van der Waals surface area contributed by atoms with Crippen molar-refractivity contribution in [2.75, 3.05) is 52.1 Å². The van der Waals surface area contributed by atoms with Crippen LogP contribution in [0.3, 0.4) is 0 Å². The Bertz CT molecular complexity index is 1740. The smallest absolute Gasteiger partial charge is 0.320 e. The lowest BCUT2D eigenvalue weighted by molar-refractivity contribution is -0.127. The van der Waals surface area contributed by atoms with Gasteiger partial charge >= 0.3 is 6.03 Å². The number of likely N-dealkylation sites (tertiary alicyclic amines) is 1. The third-order valence-electron chi connectivity index (χ3n) is 9.00. The van der Waals surface area contributed by atoms with Gasteiger partial charge in [0.2, 0.25) is 5.91 Å². The first-order valence-corrected chi connectivity index (χ1v) is 15.0. The lowest BCUT2D eigenvalue weighted by Gasteiger charge is -2.36. The van der Waals surface area contributed by atoms with E-state index in [4.69, 9.17) is 25.4 Å². The van der Waals surface area contributed by atoms with E-state index >= 15 is 0 Å². The predicted molar refractivity (Wildman–Crippen MR) is 165 cm³/mol. The average molecular weight is 594 g/mol. The quantitative estimate of drug-likeness (QED) is 0.337. The van der Waals surface area contributed by atoms with Crippen LogP contribution in [0.25, 0.3) is 28.2 Å². The van der Waals surface area contributed by atoms with E-state index in [1.807, 2.05) is 39.8 Å². The number of fused-ring (bicyclic) bond motifs is 1. The maximum Gasteiger partial charge on any atom is 0.320 e. The van der Waals surface area contributed by atoms with Crippen molar-refractivity contribution in [3.05, 3.63) is 72.8 Å². The van der Waals surface area contributed by atoms with E-state index in [-0.39, 0.29) is 11.9 Å². The zero-order chi connectivity index (χ0) is 30.4. The second-order valence-corrected chi connectivity index (χ2v) is 11.6. The summed E-state index contributed by atoms with van der Waals surface area (Å²) >= 11 is 0. The Hall–Kier alpha value is -4.84. The highest BCUT2D eigenvalue weighted by Gasteiger charge is 2.44. The number of nitrogens with two attached hydrogens (primary N) is 1. The first-order chi connectivity index (χ1) is 21.4. The second kappa shape index (κ2) is 11.0. The Kier molecular flexibility index (Phi) is 7.00. The van der Waals surface area contributed by atoms with Crippen molar-refractivity contribution in [1.82, 2.24) is 39.2 Å². The number of imidazole rings is 1. The van der Waals surface area contributed by atoms with Crippen LogP contribution in [0.5, 0.6) is 0 Å². The number of ether oxygens (including phenoxy) is 1. The summed E-state index contributed by atoms with van der Waals surface area (Å²) in [7, 11) is 1.67. The largest absolute Gasteiger partial charge is 0.383 e. The minimum absolute atomic E-state index is 0.0487. The summed E-state index contributed by atoms with van der Waals surface area (Å²) in [5.41, 5.74) is 10.4. The number of hydrogen-bond donors (Lipinski definition) is 1.